The van der Waals surface area contributed by atoms with Crippen molar-refractivity contribution in [2.45, 2.75) is 37.8 Å². The van der Waals surface area contributed by atoms with Gasteiger partial charge in [-0.15, -0.1) is 0 Å². The first kappa shape index (κ1) is 16.3. The molecule has 0 radical (unpaired) electrons. The van der Waals surface area contributed by atoms with Crippen LogP contribution in [-0.2, 0) is 4.74 Å². The molecule has 118 valence electrons. The molecule has 21 heavy (non-hydrogen) atoms. The fourth-order valence-electron chi connectivity index (χ4n) is 2.74. The number of benzene rings is 1. The van der Waals surface area contributed by atoms with E-state index in [0.29, 0.717) is 19.8 Å². The summed E-state index contributed by atoms with van der Waals surface area (Å²) in [6.07, 6.45) is 2.44. The van der Waals surface area contributed by atoms with Crippen molar-refractivity contribution < 1.29 is 9.84 Å². The Morgan fingerprint density at radius 1 is 1.24 bits per heavy atom. The van der Waals surface area contributed by atoms with Crippen LogP contribution >= 0.6 is 0 Å². The van der Waals surface area contributed by atoms with Crippen molar-refractivity contribution in [1.29, 1.82) is 0 Å². The molecule has 0 amide bonds. The van der Waals surface area contributed by atoms with Crippen molar-refractivity contribution in [1.82, 2.24) is 5.32 Å². The minimum Gasteiger partial charge on any atom is -0.388 e. The van der Waals surface area contributed by atoms with Crippen LogP contribution in [0.1, 0.15) is 37.8 Å². The Labute approximate surface area is 128 Å². The second-order valence-electron chi connectivity index (χ2n) is 6.16. The van der Waals surface area contributed by atoms with Gasteiger partial charge in [0.15, 0.2) is 0 Å². The van der Waals surface area contributed by atoms with Gasteiger partial charge in [-0.3, -0.25) is 0 Å². The number of nitrogens with zero attached hydrogens (tertiary/aromatic N) is 1. The quantitative estimate of drug-likeness (QED) is 0.845. The van der Waals surface area contributed by atoms with Crippen molar-refractivity contribution in [3.8, 4) is 0 Å². The zero-order chi connectivity index (χ0) is 15.3. The van der Waals surface area contributed by atoms with Gasteiger partial charge in [-0.2, -0.15) is 0 Å². The Kier molecular flexibility index (Phi) is 5.62. The van der Waals surface area contributed by atoms with Gasteiger partial charge < -0.3 is 20.1 Å². The Bertz CT molecular complexity index is 425. The first-order chi connectivity index (χ1) is 10.0. The second kappa shape index (κ2) is 7.25. The number of hydrogen-bond donors (Lipinski definition) is 2. The van der Waals surface area contributed by atoms with Gasteiger partial charge in [0.1, 0.15) is 0 Å². The number of rotatable bonds is 6. The number of anilines is 1. The molecule has 0 saturated carbocycles. The van der Waals surface area contributed by atoms with E-state index in [1.807, 2.05) is 14.1 Å². The molecular formula is C17H28N2O2. The van der Waals surface area contributed by atoms with Crippen molar-refractivity contribution in [2.75, 3.05) is 38.8 Å². The van der Waals surface area contributed by atoms with Gasteiger partial charge in [-0.25, -0.2) is 0 Å². The Morgan fingerprint density at radius 2 is 1.86 bits per heavy atom. The minimum absolute atomic E-state index is 0.285. The largest absolute Gasteiger partial charge is 0.388 e. The highest BCUT2D eigenvalue weighted by atomic mass is 16.5. The Morgan fingerprint density at radius 3 is 2.38 bits per heavy atom. The molecule has 0 aromatic heterocycles. The van der Waals surface area contributed by atoms with Crippen LogP contribution in [0.15, 0.2) is 24.3 Å². The van der Waals surface area contributed by atoms with E-state index in [-0.39, 0.29) is 6.04 Å². The molecule has 1 aliphatic heterocycles. The van der Waals surface area contributed by atoms with Crippen molar-refractivity contribution >= 4 is 5.69 Å². The molecule has 1 aromatic carbocycles. The summed E-state index contributed by atoms with van der Waals surface area (Å²) in [6.45, 7) is 4.12. The van der Waals surface area contributed by atoms with E-state index in [9.17, 15) is 5.11 Å². The van der Waals surface area contributed by atoms with Gasteiger partial charge in [-0.1, -0.05) is 19.1 Å². The van der Waals surface area contributed by atoms with Gasteiger partial charge >= 0.3 is 0 Å². The van der Waals surface area contributed by atoms with E-state index in [1.54, 1.807) is 0 Å². The highest BCUT2D eigenvalue weighted by Crippen LogP contribution is 2.24. The van der Waals surface area contributed by atoms with Crippen LogP contribution in [0, 0.1) is 0 Å². The van der Waals surface area contributed by atoms with Crippen LogP contribution in [0.25, 0.3) is 0 Å². The molecule has 2 rings (SSSR count). The third kappa shape index (κ3) is 4.43. The molecule has 4 nitrogen and oxygen atoms in total. The van der Waals surface area contributed by atoms with Gasteiger partial charge in [0.2, 0.25) is 0 Å². The summed E-state index contributed by atoms with van der Waals surface area (Å²) in [6, 6.07) is 8.91. The van der Waals surface area contributed by atoms with Crippen LogP contribution in [0.3, 0.4) is 0 Å². The summed E-state index contributed by atoms with van der Waals surface area (Å²) in [7, 11) is 4.09. The lowest BCUT2D eigenvalue weighted by atomic mass is 9.93. The van der Waals surface area contributed by atoms with E-state index in [2.05, 4.69) is 41.4 Å². The SMILES string of the molecule is CCC(NCC1(O)CCOCC1)c1ccc(N(C)C)cc1. The topological polar surface area (TPSA) is 44.7 Å². The molecule has 1 aliphatic rings. The van der Waals surface area contributed by atoms with Crippen LogP contribution in [-0.4, -0.2) is 44.6 Å². The summed E-state index contributed by atoms with van der Waals surface area (Å²) in [5.41, 5.74) is 1.87. The van der Waals surface area contributed by atoms with E-state index >= 15 is 0 Å². The molecular weight excluding hydrogens is 264 g/mol. The average molecular weight is 292 g/mol. The summed E-state index contributed by atoms with van der Waals surface area (Å²) < 4.78 is 5.33. The van der Waals surface area contributed by atoms with Gasteiger partial charge in [-0.05, 0) is 24.1 Å². The molecule has 2 N–H and O–H groups in total. The van der Waals surface area contributed by atoms with Gasteiger partial charge in [0.05, 0.1) is 5.60 Å². The zero-order valence-corrected chi connectivity index (χ0v) is 13.4. The molecule has 0 aliphatic carbocycles. The predicted octanol–water partition coefficient (Wildman–Crippen LogP) is 2.33. The van der Waals surface area contributed by atoms with Crippen LogP contribution in [0.4, 0.5) is 5.69 Å². The number of aliphatic hydroxyl groups is 1. The fraction of sp³-hybridized carbons (Fsp3) is 0.647. The number of ether oxygens (including phenoxy) is 1. The molecule has 0 spiro atoms. The van der Waals surface area contributed by atoms with Crippen molar-refractivity contribution in [3.05, 3.63) is 29.8 Å². The molecule has 1 aromatic rings. The third-order valence-corrected chi connectivity index (χ3v) is 4.32. The highest BCUT2D eigenvalue weighted by Gasteiger charge is 2.30. The second-order valence-corrected chi connectivity index (χ2v) is 6.16. The molecule has 1 unspecified atom stereocenters. The molecule has 1 heterocycles. The Balaban J connectivity index is 1.95. The smallest absolute Gasteiger partial charge is 0.0815 e. The van der Waals surface area contributed by atoms with Gasteiger partial charge in [0.25, 0.3) is 0 Å². The maximum Gasteiger partial charge on any atom is 0.0815 e. The number of nitrogens with one attached hydrogen (secondary N) is 1. The summed E-state index contributed by atoms with van der Waals surface area (Å²) in [4.78, 5) is 2.10. The summed E-state index contributed by atoms with van der Waals surface area (Å²) in [5.74, 6) is 0. The van der Waals surface area contributed by atoms with Crippen LogP contribution in [0.5, 0.6) is 0 Å². The Hall–Kier alpha value is -1.10. The molecule has 4 heteroatoms. The predicted molar refractivity (Wildman–Crippen MR) is 86.8 cm³/mol. The van der Waals surface area contributed by atoms with E-state index in [1.165, 1.54) is 11.3 Å². The molecule has 1 fully saturated rings. The normalized spacial score (nSPS) is 19.2. The lowest BCUT2D eigenvalue weighted by Crippen LogP contribution is -2.45. The first-order valence-corrected chi connectivity index (χ1v) is 7.85. The number of hydrogen-bond acceptors (Lipinski definition) is 4. The molecule has 1 saturated heterocycles. The van der Waals surface area contributed by atoms with E-state index in [0.717, 1.165) is 19.3 Å². The first-order valence-electron chi connectivity index (χ1n) is 7.85. The standard InChI is InChI=1S/C17H28N2O2/c1-4-16(14-5-7-15(8-6-14)19(2)3)18-13-17(20)9-11-21-12-10-17/h5-8,16,18,20H,4,9-13H2,1-3H3. The monoisotopic (exact) mass is 292 g/mol. The lowest BCUT2D eigenvalue weighted by molar-refractivity contribution is -0.0628. The lowest BCUT2D eigenvalue weighted by Gasteiger charge is -2.34. The van der Waals surface area contributed by atoms with E-state index in [4.69, 9.17) is 4.74 Å². The molecule has 0 bridgehead atoms. The van der Waals surface area contributed by atoms with Gasteiger partial charge in [0, 0.05) is 58.4 Å². The summed E-state index contributed by atoms with van der Waals surface area (Å²) >= 11 is 0. The van der Waals surface area contributed by atoms with Crippen LogP contribution < -0.4 is 10.2 Å². The van der Waals surface area contributed by atoms with Crippen molar-refractivity contribution in [3.63, 3.8) is 0 Å². The molecule has 1 atom stereocenters. The average Bonchev–Trinajstić information content (AvgIpc) is 2.49. The minimum atomic E-state index is -0.616. The maximum atomic E-state index is 10.5. The van der Waals surface area contributed by atoms with E-state index < -0.39 is 5.60 Å². The highest BCUT2D eigenvalue weighted by molar-refractivity contribution is 5.46. The third-order valence-electron chi connectivity index (χ3n) is 4.32. The van der Waals surface area contributed by atoms with Crippen molar-refractivity contribution in [2.24, 2.45) is 0 Å². The van der Waals surface area contributed by atoms with Crippen LogP contribution in [0.2, 0.25) is 0 Å². The fourth-order valence-corrected chi connectivity index (χ4v) is 2.74. The zero-order valence-electron chi connectivity index (χ0n) is 13.4. The maximum absolute atomic E-state index is 10.5. The summed E-state index contributed by atoms with van der Waals surface area (Å²) in [5, 5.41) is 14.1.